The number of aromatic amines is 1. The van der Waals surface area contributed by atoms with Crippen molar-refractivity contribution in [1.29, 1.82) is 0 Å². The number of rotatable bonds is 7. The van der Waals surface area contributed by atoms with Crippen molar-refractivity contribution >= 4 is 17.7 Å². The van der Waals surface area contributed by atoms with Gasteiger partial charge >= 0.3 is 11.9 Å². The molecule has 138 valence electrons. The molecule has 0 amide bonds. The maximum atomic E-state index is 12.3. The summed E-state index contributed by atoms with van der Waals surface area (Å²) in [5.41, 5.74) is 1.10. The molecule has 0 aromatic carbocycles. The number of carbonyl (C=O) groups excluding carboxylic acids is 3. The maximum absolute atomic E-state index is 12.3. The zero-order valence-corrected chi connectivity index (χ0v) is 14.8. The molecule has 8 nitrogen and oxygen atoms in total. The summed E-state index contributed by atoms with van der Waals surface area (Å²) in [5.74, 6) is -1.70. The average Bonchev–Trinajstić information content (AvgIpc) is 2.89. The van der Waals surface area contributed by atoms with Crippen LogP contribution in [0.25, 0.3) is 0 Å². The minimum absolute atomic E-state index is 0.190. The lowest BCUT2D eigenvalue weighted by Crippen LogP contribution is -2.25. The highest BCUT2D eigenvalue weighted by atomic mass is 16.5. The number of ether oxygens (including phenoxy) is 2. The highest BCUT2D eigenvalue weighted by molar-refractivity contribution is 6.02. The van der Waals surface area contributed by atoms with Crippen molar-refractivity contribution in [2.24, 2.45) is 0 Å². The molecule has 0 radical (unpaired) electrons. The van der Waals surface area contributed by atoms with E-state index in [4.69, 9.17) is 9.47 Å². The van der Waals surface area contributed by atoms with Crippen LogP contribution in [0.3, 0.4) is 0 Å². The molecule has 2 aromatic heterocycles. The molecule has 0 atom stereocenters. The Kier molecular flexibility index (Phi) is 6.11. The molecular weight excluding hydrogens is 340 g/mol. The van der Waals surface area contributed by atoms with Crippen LogP contribution in [0.15, 0.2) is 29.2 Å². The summed E-state index contributed by atoms with van der Waals surface area (Å²) >= 11 is 0. The Morgan fingerprint density at radius 1 is 1.15 bits per heavy atom. The summed E-state index contributed by atoms with van der Waals surface area (Å²) < 4.78 is 11.1. The molecule has 0 saturated carbocycles. The molecular formula is C18H20N2O6. The molecule has 0 aliphatic heterocycles. The number of aryl methyl sites for hydroxylation is 1. The van der Waals surface area contributed by atoms with E-state index in [0.717, 1.165) is 0 Å². The van der Waals surface area contributed by atoms with Crippen LogP contribution in [-0.2, 0) is 20.8 Å². The number of nitrogens with zero attached hydrogens (tertiary/aromatic N) is 1. The van der Waals surface area contributed by atoms with E-state index in [1.165, 1.54) is 16.8 Å². The van der Waals surface area contributed by atoms with Crippen molar-refractivity contribution in [3.8, 4) is 0 Å². The van der Waals surface area contributed by atoms with Gasteiger partial charge in [0.05, 0.1) is 17.9 Å². The standard InChI is InChI=1S/C18H20N2O6/c1-4-25-18(24)16-11(2)17(19-12(16)3)13(21)10-26-15(23)9-20-8-6-5-7-14(20)22/h5-8,19H,4,9-10H2,1-3H3. The van der Waals surface area contributed by atoms with Crippen molar-refractivity contribution in [2.45, 2.75) is 27.3 Å². The SMILES string of the molecule is CCOC(=O)c1c(C)[nH]c(C(=O)COC(=O)Cn2ccccc2=O)c1C. The molecule has 0 unspecified atom stereocenters. The Bertz CT molecular complexity index is 893. The summed E-state index contributed by atoms with van der Waals surface area (Å²) in [6.45, 7) is 4.41. The minimum atomic E-state index is -0.710. The van der Waals surface area contributed by atoms with Gasteiger partial charge in [0, 0.05) is 18.0 Å². The summed E-state index contributed by atoms with van der Waals surface area (Å²) in [6, 6.07) is 4.49. The largest absolute Gasteiger partial charge is 0.462 e. The number of ketones is 1. The third-order valence-electron chi connectivity index (χ3n) is 3.76. The van der Waals surface area contributed by atoms with Crippen molar-refractivity contribution in [2.75, 3.05) is 13.2 Å². The topological polar surface area (TPSA) is 107 Å². The first kappa shape index (κ1) is 19.2. The van der Waals surface area contributed by atoms with Crippen LogP contribution in [-0.4, -0.2) is 40.5 Å². The number of H-pyrrole nitrogens is 1. The lowest BCUT2D eigenvalue weighted by molar-refractivity contribution is -0.143. The third-order valence-corrected chi connectivity index (χ3v) is 3.76. The summed E-state index contributed by atoms with van der Waals surface area (Å²) in [5, 5.41) is 0. The van der Waals surface area contributed by atoms with Gasteiger partial charge in [0.15, 0.2) is 6.61 Å². The number of carbonyl (C=O) groups is 3. The van der Waals surface area contributed by atoms with Gasteiger partial charge in [-0.25, -0.2) is 4.79 Å². The van der Waals surface area contributed by atoms with Gasteiger partial charge in [-0.3, -0.25) is 14.4 Å². The summed E-state index contributed by atoms with van der Waals surface area (Å²) in [4.78, 5) is 50.5. The number of Topliss-reactive ketones (excluding diaryl/α,β-unsaturated/α-hetero) is 1. The van der Waals surface area contributed by atoms with Crippen molar-refractivity contribution in [3.63, 3.8) is 0 Å². The highest BCUT2D eigenvalue weighted by Crippen LogP contribution is 2.19. The molecule has 0 aliphatic carbocycles. The second kappa shape index (κ2) is 8.28. The second-order valence-electron chi connectivity index (χ2n) is 5.60. The van der Waals surface area contributed by atoms with Gasteiger partial charge in [-0.1, -0.05) is 6.07 Å². The number of hydrogen-bond acceptors (Lipinski definition) is 6. The first-order chi connectivity index (χ1) is 12.3. The van der Waals surface area contributed by atoms with E-state index in [-0.39, 0.29) is 24.4 Å². The van der Waals surface area contributed by atoms with E-state index in [1.807, 2.05) is 0 Å². The molecule has 8 heteroatoms. The zero-order valence-electron chi connectivity index (χ0n) is 14.8. The number of nitrogens with one attached hydrogen (secondary N) is 1. The average molecular weight is 360 g/mol. The van der Waals surface area contributed by atoms with Crippen LogP contribution in [0.2, 0.25) is 0 Å². The van der Waals surface area contributed by atoms with E-state index in [2.05, 4.69) is 4.98 Å². The highest BCUT2D eigenvalue weighted by Gasteiger charge is 2.23. The minimum Gasteiger partial charge on any atom is -0.462 e. The molecule has 2 rings (SSSR count). The van der Waals surface area contributed by atoms with E-state index in [1.54, 1.807) is 32.9 Å². The predicted octanol–water partition coefficient (Wildman–Crippen LogP) is 1.40. The number of aromatic nitrogens is 2. The van der Waals surface area contributed by atoms with Crippen molar-refractivity contribution in [1.82, 2.24) is 9.55 Å². The van der Waals surface area contributed by atoms with Crippen LogP contribution in [0.1, 0.15) is 39.0 Å². The van der Waals surface area contributed by atoms with Gasteiger partial charge in [-0.15, -0.1) is 0 Å². The molecule has 0 spiro atoms. The maximum Gasteiger partial charge on any atom is 0.340 e. The van der Waals surface area contributed by atoms with Gasteiger partial charge in [0.25, 0.3) is 5.56 Å². The molecule has 2 heterocycles. The van der Waals surface area contributed by atoms with Crippen molar-refractivity contribution in [3.05, 3.63) is 57.3 Å². The van der Waals surface area contributed by atoms with Gasteiger partial charge in [-0.2, -0.15) is 0 Å². The van der Waals surface area contributed by atoms with E-state index >= 15 is 0 Å². The van der Waals surface area contributed by atoms with Crippen LogP contribution in [0.4, 0.5) is 0 Å². The quantitative estimate of drug-likeness (QED) is 0.591. The second-order valence-corrected chi connectivity index (χ2v) is 5.60. The Morgan fingerprint density at radius 3 is 2.54 bits per heavy atom. The first-order valence-electron chi connectivity index (χ1n) is 8.05. The molecule has 1 N–H and O–H groups in total. The third kappa shape index (κ3) is 4.27. The van der Waals surface area contributed by atoms with Gasteiger partial charge in [-0.05, 0) is 32.4 Å². The van der Waals surface area contributed by atoms with Gasteiger partial charge in [0.1, 0.15) is 6.54 Å². The lowest BCUT2D eigenvalue weighted by Gasteiger charge is -2.06. The smallest absolute Gasteiger partial charge is 0.340 e. The Hall–Kier alpha value is -3.16. The fraction of sp³-hybridized carbons (Fsp3) is 0.333. The lowest BCUT2D eigenvalue weighted by atomic mass is 10.1. The zero-order chi connectivity index (χ0) is 19.3. The molecule has 0 bridgehead atoms. The monoisotopic (exact) mass is 360 g/mol. The normalized spacial score (nSPS) is 10.4. The van der Waals surface area contributed by atoms with E-state index in [0.29, 0.717) is 16.8 Å². The number of esters is 2. The summed E-state index contributed by atoms with van der Waals surface area (Å²) in [6.07, 6.45) is 1.45. The fourth-order valence-electron chi connectivity index (χ4n) is 2.53. The molecule has 0 saturated heterocycles. The molecule has 2 aromatic rings. The van der Waals surface area contributed by atoms with Crippen LogP contribution in [0.5, 0.6) is 0 Å². The van der Waals surface area contributed by atoms with Crippen molar-refractivity contribution < 1.29 is 23.9 Å². The van der Waals surface area contributed by atoms with Gasteiger partial charge in [0.2, 0.25) is 5.78 Å². The Labute approximate surface area is 149 Å². The van der Waals surface area contributed by atoms with Crippen LogP contribution in [0, 0.1) is 13.8 Å². The van der Waals surface area contributed by atoms with Gasteiger partial charge < -0.3 is 19.0 Å². The predicted molar refractivity (Wildman–Crippen MR) is 92.2 cm³/mol. The molecule has 0 aliphatic rings. The van der Waals surface area contributed by atoms with Crippen LogP contribution < -0.4 is 5.56 Å². The van der Waals surface area contributed by atoms with Crippen LogP contribution >= 0.6 is 0 Å². The molecule has 26 heavy (non-hydrogen) atoms. The number of pyridine rings is 1. The molecule has 0 fully saturated rings. The number of hydrogen-bond donors (Lipinski definition) is 1. The fourth-order valence-corrected chi connectivity index (χ4v) is 2.53. The first-order valence-corrected chi connectivity index (χ1v) is 8.05. The van der Waals surface area contributed by atoms with E-state index in [9.17, 15) is 19.2 Å². The Morgan fingerprint density at radius 2 is 1.88 bits per heavy atom. The van der Waals surface area contributed by atoms with E-state index < -0.39 is 24.3 Å². The Balaban J connectivity index is 2.03. The summed E-state index contributed by atoms with van der Waals surface area (Å²) in [7, 11) is 0.